The first-order valence-electron chi connectivity index (χ1n) is 12.9. The molecule has 0 spiro atoms. The summed E-state index contributed by atoms with van der Waals surface area (Å²) in [4.78, 5) is 30.2. The summed E-state index contributed by atoms with van der Waals surface area (Å²) in [5, 5.41) is 10.1. The average Bonchev–Trinajstić information content (AvgIpc) is 2.97. The van der Waals surface area contributed by atoms with Crippen molar-refractivity contribution in [1.29, 1.82) is 5.26 Å². The molecule has 1 unspecified atom stereocenters. The van der Waals surface area contributed by atoms with Crippen molar-refractivity contribution >= 4 is 22.5 Å². The highest BCUT2D eigenvalue weighted by Gasteiger charge is 2.38. The molecule has 0 radical (unpaired) electrons. The monoisotopic (exact) mass is 537 g/mol. The van der Waals surface area contributed by atoms with Gasteiger partial charge < -0.3 is 19.0 Å². The van der Waals surface area contributed by atoms with Crippen molar-refractivity contribution in [2.24, 2.45) is 7.05 Å². The number of anilines is 1. The molecule has 0 aliphatic carbocycles. The predicted octanol–water partition coefficient (Wildman–Crippen LogP) is 4.59. The molecule has 0 amide bonds. The summed E-state index contributed by atoms with van der Waals surface area (Å²) in [6.45, 7) is 12.6. The van der Waals surface area contributed by atoms with Gasteiger partial charge in [-0.15, -0.1) is 4.98 Å². The highest BCUT2D eigenvalue weighted by molar-refractivity contribution is 5.93. The van der Waals surface area contributed by atoms with E-state index in [9.17, 15) is 14.4 Å². The Kier molecular flexibility index (Phi) is 7.20. The first kappa shape index (κ1) is 26.8. The van der Waals surface area contributed by atoms with Crippen molar-refractivity contribution in [3.05, 3.63) is 99.1 Å². The summed E-state index contributed by atoms with van der Waals surface area (Å²) in [5.41, 5.74) is 2.74. The number of ether oxygens (including phenoxy) is 1. The second-order valence-corrected chi connectivity index (χ2v) is 9.97. The lowest BCUT2D eigenvalue weighted by molar-refractivity contribution is 0.128. The van der Waals surface area contributed by atoms with E-state index in [2.05, 4.69) is 32.7 Å². The van der Waals surface area contributed by atoms with Gasteiger partial charge in [-0.25, -0.2) is 4.39 Å². The highest BCUT2D eigenvalue weighted by Crippen LogP contribution is 2.37. The average molecular weight is 538 g/mol. The largest absolute Gasteiger partial charge is 0.495 e. The Morgan fingerprint density at radius 1 is 1.12 bits per heavy atom. The molecular weight excluding hydrogens is 509 g/mol. The van der Waals surface area contributed by atoms with Crippen molar-refractivity contribution in [1.82, 2.24) is 19.4 Å². The van der Waals surface area contributed by atoms with Gasteiger partial charge in [0.1, 0.15) is 28.9 Å². The molecule has 4 heterocycles. The normalized spacial score (nSPS) is 18.2. The van der Waals surface area contributed by atoms with Crippen molar-refractivity contribution < 1.29 is 9.13 Å². The molecule has 4 aromatic rings. The van der Waals surface area contributed by atoms with Gasteiger partial charge in [-0.3, -0.25) is 14.7 Å². The molecule has 202 valence electrons. The minimum Gasteiger partial charge on any atom is -0.495 e. The number of methoxy groups -OCH3 is 1. The van der Waals surface area contributed by atoms with Crippen LogP contribution in [-0.4, -0.2) is 51.7 Å². The van der Waals surface area contributed by atoms with E-state index < -0.39 is 5.56 Å². The maximum absolute atomic E-state index is 13.9. The second-order valence-electron chi connectivity index (χ2n) is 9.97. The van der Waals surface area contributed by atoms with Crippen LogP contribution in [0.3, 0.4) is 0 Å². The quantitative estimate of drug-likeness (QED) is 0.344. The van der Waals surface area contributed by atoms with Gasteiger partial charge in [-0.05, 0) is 55.8 Å². The molecule has 5 rings (SSSR count). The SMILES string of the molecule is [C-]#[N+]c1ccc2c(n1)c(N1C[C@@H](C)N(C(c3ccc(F)cc3)c3ccc(OC)cn3)C[C@@H]1C)c(C#N)c(=O)n2C. The predicted molar refractivity (Wildman–Crippen MR) is 150 cm³/mol. The van der Waals surface area contributed by atoms with Crippen LogP contribution in [0.1, 0.15) is 36.7 Å². The van der Waals surface area contributed by atoms with Crippen LogP contribution in [0, 0.1) is 23.7 Å². The Morgan fingerprint density at radius 2 is 1.88 bits per heavy atom. The third-order valence-electron chi connectivity index (χ3n) is 7.54. The zero-order chi connectivity index (χ0) is 28.6. The Bertz CT molecular complexity index is 1700. The molecule has 1 aliphatic rings. The molecule has 40 heavy (non-hydrogen) atoms. The first-order valence-corrected chi connectivity index (χ1v) is 12.9. The fourth-order valence-corrected chi connectivity index (χ4v) is 5.50. The molecule has 0 saturated carbocycles. The van der Waals surface area contributed by atoms with E-state index in [1.54, 1.807) is 44.6 Å². The summed E-state index contributed by atoms with van der Waals surface area (Å²) in [5.74, 6) is 0.516. The number of nitriles is 1. The van der Waals surface area contributed by atoms with Crippen molar-refractivity contribution in [2.75, 3.05) is 25.1 Å². The van der Waals surface area contributed by atoms with E-state index in [0.717, 1.165) is 11.3 Å². The third-order valence-corrected chi connectivity index (χ3v) is 7.54. The third kappa shape index (κ3) is 4.63. The van der Waals surface area contributed by atoms with Gasteiger partial charge in [-0.2, -0.15) is 5.26 Å². The van der Waals surface area contributed by atoms with E-state index in [-0.39, 0.29) is 35.3 Å². The number of hydrogen-bond donors (Lipinski definition) is 0. The summed E-state index contributed by atoms with van der Waals surface area (Å²) in [6, 6.07) is 15.1. The van der Waals surface area contributed by atoms with Crippen molar-refractivity contribution in [3.63, 3.8) is 0 Å². The Labute approximate surface area is 231 Å². The molecule has 1 aromatic carbocycles. The Morgan fingerprint density at radius 3 is 2.50 bits per heavy atom. The van der Waals surface area contributed by atoms with Gasteiger partial charge in [0.05, 0.1) is 30.6 Å². The lowest BCUT2D eigenvalue weighted by Gasteiger charge is -2.48. The zero-order valence-corrected chi connectivity index (χ0v) is 22.7. The number of rotatable bonds is 5. The van der Waals surface area contributed by atoms with Crippen LogP contribution in [-0.2, 0) is 7.05 Å². The fourth-order valence-electron chi connectivity index (χ4n) is 5.50. The van der Waals surface area contributed by atoms with Crippen LogP contribution >= 0.6 is 0 Å². The van der Waals surface area contributed by atoms with E-state index in [1.165, 1.54) is 16.7 Å². The standard InChI is InChI=1S/C30H28FN7O2/c1-18-17-38(29-23(14-32)30(39)36(4)25-12-13-26(33-3)35-27(25)29)19(2)16-37(18)28(20-6-8-21(31)9-7-20)24-11-10-22(40-5)15-34-24/h6-13,15,18-19,28H,16-17H2,1-2,4-5H3/t18-,19+,28?/m1/s1. The molecule has 3 aromatic heterocycles. The van der Waals surface area contributed by atoms with E-state index in [0.29, 0.717) is 35.6 Å². The highest BCUT2D eigenvalue weighted by atomic mass is 19.1. The number of nitrogens with zero attached hydrogens (tertiary/aromatic N) is 7. The lowest BCUT2D eigenvalue weighted by atomic mass is 9.96. The molecule has 9 nitrogen and oxygen atoms in total. The minimum absolute atomic E-state index is 0.00374. The number of fused-ring (bicyclic) bond motifs is 1. The smallest absolute Gasteiger partial charge is 0.271 e. The van der Waals surface area contributed by atoms with Crippen LogP contribution < -0.4 is 15.2 Å². The van der Waals surface area contributed by atoms with Crippen LogP contribution in [0.4, 0.5) is 15.9 Å². The second kappa shape index (κ2) is 10.8. The molecule has 0 N–H and O–H groups in total. The van der Waals surface area contributed by atoms with Crippen molar-refractivity contribution in [2.45, 2.75) is 32.0 Å². The maximum Gasteiger partial charge on any atom is 0.271 e. The number of hydrogen-bond acceptors (Lipinski definition) is 7. The fraction of sp³-hybridized carbons (Fsp3) is 0.300. The van der Waals surface area contributed by atoms with Gasteiger partial charge in [-0.1, -0.05) is 18.7 Å². The van der Waals surface area contributed by atoms with Crippen LogP contribution in [0.2, 0.25) is 0 Å². The van der Waals surface area contributed by atoms with Crippen molar-refractivity contribution in [3.8, 4) is 11.8 Å². The number of piperazine rings is 1. The van der Waals surface area contributed by atoms with E-state index in [1.807, 2.05) is 24.0 Å². The lowest BCUT2D eigenvalue weighted by Crippen LogP contribution is -2.58. The number of benzene rings is 1. The molecule has 0 bridgehead atoms. The topological polar surface area (TPSA) is 91.6 Å². The molecule has 1 saturated heterocycles. The van der Waals surface area contributed by atoms with Gasteiger partial charge in [0.25, 0.3) is 11.4 Å². The Hall–Kier alpha value is -4.80. The molecular formula is C30H28FN7O2. The zero-order valence-electron chi connectivity index (χ0n) is 22.7. The maximum atomic E-state index is 13.9. The first-order chi connectivity index (χ1) is 19.3. The molecule has 1 aliphatic heterocycles. The molecule has 10 heteroatoms. The number of aryl methyl sites for hydroxylation is 1. The summed E-state index contributed by atoms with van der Waals surface area (Å²) >= 11 is 0. The van der Waals surface area contributed by atoms with Gasteiger partial charge in [0.2, 0.25) is 5.52 Å². The van der Waals surface area contributed by atoms with Gasteiger partial charge >= 0.3 is 0 Å². The minimum atomic E-state index is -0.406. The van der Waals surface area contributed by atoms with Crippen LogP contribution in [0.25, 0.3) is 15.9 Å². The number of aromatic nitrogens is 3. The molecule has 1 fully saturated rings. The van der Waals surface area contributed by atoms with Crippen LogP contribution in [0.15, 0.2) is 59.5 Å². The molecule has 3 atom stereocenters. The van der Waals surface area contributed by atoms with E-state index in [4.69, 9.17) is 11.3 Å². The Balaban J connectivity index is 1.60. The number of pyridine rings is 3. The number of halogens is 1. The summed E-state index contributed by atoms with van der Waals surface area (Å²) in [6.07, 6.45) is 1.67. The van der Waals surface area contributed by atoms with Gasteiger partial charge in [0.15, 0.2) is 0 Å². The van der Waals surface area contributed by atoms with E-state index >= 15 is 0 Å². The van der Waals surface area contributed by atoms with Crippen LogP contribution in [0.5, 0.6) is 5.75 Å². The summed E-state index contributed by atoms with van der Waals surface area (Å²) in [7, 11) is 3.19. The van der Waals surface area contributed by atoms with Gasteiger partial charge in [0, 0.05) is 32.2 Å². The summed E-state index contributed by atoms with van der Waals surface area (Å²) < 4.78 is 20.6.